The van der Waals surface area contributed by atoms with Gasteiger partial charge in [0.2, 0.25) is 5.78 Å². The minimum absolute atomic E-state index is 0.659. The zero-order valence-electron chi connectivity index (χ0n) is 11.1. The number of imidazole rings is 1. The molecular formula is C14H20N4. The van der Waals surface area contributed by atoms with Crippen molar-refractivity contribution in [3.63, 3.8) is 0 Å². The van der Waals surface area contributed by atoms with Crippen molar-refractivity contribution in [3.8, 4) is 0 Å². The molecule has 3 heterocycles. The standard InChI is InChI=1S/C14H20N4/c1-11-5-3-6-12(2)18(11)10-13-9-17-8-4-7-15-14(17)16-13/h4,7-9,11-12H,3,5-6,10H2,1-2H3/t11-,12-/m0/s1. The van der Waals surface area contributed by atoms with E-state index in [1.165, 1.54) is 19.3 Å². The molecule has 1 fully saturated rings. The van der Waals surface area contributed by atoms with Crippen molar-refractivity contribution >= 4 is 5.78 Å². The second-order valence-electron chi connectivity index (χ2n) is 5.36. The third kappa shape index (κ3) is 2.12. The summed E-state index contributed by atoms with van der Waals surface area (Å²) in [6.45, 7) is 5.58. The number of hydrogen-bond acceptors (Lipinski definition) is 3. The number of aromatic nitrogens is 3. The molecule has 1 aliphatic heterocycles. The molecule has 0 bridgehead atoms. The van der Waals surface area contributed by atoms with Crippen LogP contribution in [0.4, 0.5) is 0 Å². The monoisotopic (exact) mass is 244 g/mol. The van der Waals surface area contributed by atoms with Crippen LogP contribution in [0.2, 0.25) is 0 Å². The Morgan fingerprint density at radius 3 is 2.78 bits per heavy atom. The van der Waals surface area contributed by atoms with Gasteiger partial charge in [-0.15, -0.1) is 0 Å². The van der Waals surface area contributed by atoms with Crippen LogP contribution in [-0.2, 0) is 6.54 Å². The van der Waals surface area contributed by atoms with Gasteiger partial charge in [0.1, 0.15) is 0 Å². The summed E-state index contributed by atoms with van der Waals surface area (Å²) in [5.74, 6) is 0.796. The molecule has 0 amide bonds. The fraction of sp³-hybridized carbons (Fsp3) is 0.571. The van der Waals surface area contributed by atoms with Crippen molar-refractivity contribution < 1.29 is 0 Å². The van der Waals surface area contributed by atoms with Crippen LogP contribution in [0.5, 0.6) is 0 Å². The molecule has 0 saturated carbocycles. The summed E-state index contributed by atoms with van der Waals surface area (Å²) < 4.78 is 1.99. The number of rotatable bonds is 2. The Morgan fingerprint density at radius 1 is 1.28 bits per heavy atom. The number of nitrogens with zero attached hydrogens (tertiary/aromatic N) is 4. The van der Waals surface area contributed by atoms with Crippen LogP contribution in [0.3, 0.4) is 0 Å². The van der Waals surface area contributed by atoms with Crippen LogP contribution in [0.25, 0.3) is 5.78 Å². The van der Waals surface area contributed by atoms with Gasteiger partial charge >= 0.3 is 0 Å². The minimum atomic E-state index is 0.659. The molecular weight excluding hydrogens is 224 g/mol. The van der Waals surface area contributed by atoms with Crippen molar-refractivity contribution in [2.75, 3.05) is 0 Å². The second kappa shape index (κ2) is 4.69. The van der Waals surface area contributed by atoms with Gasteiger partial charge in [-0.05, 0) is 32.8 Å². The average Bonchev–Trinajstić information content (AvgIpc) is 2.76. The SMILES string of the molecule is C[C@H]1CCC[C@H](C)N1Cc1cn2cccnc2n1. The summed E-state index contributed by atoms with van der Waals surface area (Å²) in [6.07, 6.45) is 9.84. The van der Waals surface area contributed by atoms with Gasteiger partial charge < -0.3 is 0 Å². The second-order valence-corrected chi connectivity index (χ2v) is 5.36. The van der Waals surface area contributed by atoms with E-state index in [0.29, 0.717) is 12.1 Å². The molecule has 0 aliphatic carbocycles. The molecule has 0 radical (unpaired) electrons. The molecule has 0 spiro atoms. The van der Waals surface area contributed by atoms with Gasteiger partial charge in [-0.25, -0.2) is 9.97 Å². The van der Waals surface area contributed by atoms with E-state index in [-0.39, 0.29) is 0 Å². The van der Waals surface area contributed by atoms with Gasteiger partial charge in [-0.1, -0.05) is 6.42 Å². The lowest BCUT2D eigenvalue weighted by molar-refractivity contribution is 0.0940. The van der Waals surface area contributed by atoms with Crippen LogP contribution in [0.15, 0.2) is 24.7 Å². The van der Waals surface area contributed by atoms with Crippen molar-refractivity contribution in [1.82, 2.24) is 19.3 Å². The number of piperidine rings is 1. The van der Waals surface area contributed by atoms with Gasteiger partial charge in [-0.3, -0.25) is 9.30 Å². The molecule has 3 rings (SSSR count). The number of fused-ring (bicyclic) bond motifs is 1. The fourth-order valence-electron chi connectivity index (χ4n) is 2.93. The highest BCUT2D eigenvalue weighted by Crippen LogP contribution is 2.24. The summed E-state index contributed by atoms with van der Waals surface area (Å²) >= 11 is 0. The lowest BCUT2D eigenvalue weighted by atomic mass is 9.97. The highest BCUT2D eigenvalue weighted by Gasteiger charge is 2.25. The molecule has 4 nitrogen and oxygen atoms in total. The minimum Gasteiger partial charge on any atom is -0.292 e. The van der Waals surface area contributed by atoms with E-state index in [9.17, 15) is 0 Å². The Bertz CT molecular complexity index is 490. The molecule has 0 N–H and O–H groups in total. The lowest BCUT2D eigenvalue weighted by Gasteiger charge is -2.38. The smallest absolute Gasteiger partial charge is 0.233 e. The Kier molecular flexibility index (Phi) is 3.04. The molecule has 1 saturated heterocycles. The maximum absolute atomic E-state index is 4.59. The number of hydrogen-bond donors (Lipinski definition) is 0. The topological polar surface area (TPSA) is 33.4 Å². The van der Waals surface area contributed by atoms with Crippen LogP contribution in [0.1, 0.15) is 38.8 Å². The van der Waals surface area contributed by atoms with Crippen LogP contribution >= 0.6 is 0 Å². The summed E-state index contributed by atoms with van der Waals surface area (Å²) in [5, 5.41) is 0. The average molecular weight is 244 g/mol. The molecule has 2 aromatic rings. The Labute approximate surface area is 108 Å². The fourth-order valence-corrected chi connectivity index (χ4v) is 2.93. The van der Waals surface area contributed by atoms with Crippen LogP contribution in [0, 0.1) is 0 Å². The highest BCUT2D eigenvalue weighted by atomic mass is 15.2. The van der Waals surface area contributed by atoms with Crippen molar-refractivity contribution in [2.24, 2.45) is 0 Å². The van der Waals surface area contributed by atoms with Crippen molar-refractivity contribution in [1.29, 1.82) is 0 Å². The molecule has 2 aromatic heterocycles. The largest absolute Gasteiger partial charge is 0.292 e. The molecule has 18 heavy (non-hydrogen) atoms. The van der Waals surface area contributed by atoms with E-state index in [1.54, 1.807) is 6.20 Å². The maximum atomic E-state index is 4.59. The van der Waals surface area contributed by atoms with Gasteiger partial charge in [0.05, 0.1) is 5.69 Å². The zero-order chi connectivity index (χ0) is 12.5. The third-order valence-electron chi connectivity index (χ3n) is 4.01. The highest BCUT2D eigenvalue weighted by molar-refractivity contribution is 5.29. The Morgan fingerprint density at radius 2 is 2.06 bits per heavy atom. The normalized spacial score (nSPS) is 25.7. The number of likely N-dealkylation sites (tertiary alicyclic amines) is 1. The molecule has 96 valence electrons. The third-order valence-corrected chi connectivity index (χ3v) is 4.01. The first-order chi connectivity index (χ1) is 8.74. The summed E-state index contributed by atoms with van der Waals surface area (Å²) in [7, 11) is 0. The summed E-state index contributed by atoms with van der Waals surface area (Å²) in [6, 6.07) is 3.25. The van der Waals surface area contributed by atoms with E-state index in [0.717, 1.165) is 18.0 Å². The van der Waals surface area contributed by atoms with Crippen LogP contribution in [-0.4, -0.2) is 31.4 Å². The molecule has 0 aromatic carbocycles. The van der Waals surface area contributed by atoms with E-state index in [1.807, 2.05) is 16.7 Å². The van der Waals surface area contributed by atoms with E-state index >= 15 is 0 Å². The van der Waals surface area contributed by atoms with E-state index in [2.05, 4.69) is 34.9 Å². The summed E-state index contributed by atoms with van der Waals surface area (Å²) in [5.41, 5.74) is 1.12. The van der Waals surface area contributed by atoms with E-state index in [4.69, 9.17) is 0 Å². The molecule has 1 aliphatic rings. The lowest BCUT2D eigenvalue weighted by Crippen LogP contribution is -2.43. The van der Waals surface area contributed by atoms with Gasteiger partial charge in [0, 0.05) is 37.2 Å². The maximum Gasteiger partial charge on any atom is 0.233 e. The van der Waals surface area contributed by atoms with Gasteiger partial charge in [0.25, 0.3) is 0 Å². The molecule has 0 unspecified atom stereocenters. The Hall–Kier alpha value is -1.42. The van der Waals surface area contributed by atoms with Crippen molar-refractivity contribution in [2.45, 2.75) is 51.7 Å². The summed E-state index contributed by atoms with van der Waals surface area (Å²) in [4.78, 5) is 11.4. The quantitative estimate of drug-likeness (QED) is 0.814. The first-order valence-corrected chi connectivity index (χ1v) is 6.78. The molecule has 2 atom stereocenters. The first-order valence-electron chi connectivity index (χ1n) is 6.78. The Balaban J connectivity index is 1.82. The predicted molar refractivity (Wildman–Crippen MR) is 71.3 cm³/mol. The zero-order valence-corrected chi connectivity index (χ0v) is 11.1. The molecule has 4 heteroatoms. The van der Waals surface area contributed by atoms with E-state index < -0.39 is 0 Å². The first kappa shape index (κ1) is 11.7. The predicted octanol–water partition coefficient (Wildman–Crippen LogP) is 2.49. The van der Waals surface area contributed by atoms with Crippen molar-refractivity contribution in [3.05, 3.63) is 30.4 Å². The van der Waals surface area contributed by atoms with Gasteiger partial charge in [0.15, 0.2) is 0 Å². The van der Waals surface area contributed by atoms with Crippen LogP contribution < -0.4 is 0 Å². The van der Waals surface area contributed by atoms with Gasteiger partial charge in [-0.2, -0.15) is 0 Å².